The molecular weight excluding hydrogens is 487 g/mol. The fraction of sp³-hybridized carbons (Fsp3) is 0.636. The monoisotopic (exact) mass is 505 g/mol. The molecule has 20 heteroatoms. The number of rotatable bonds is 9. The van der Waals surface area contributed by atoms with Gasteiger partial charge in [0.2, 0.25) is 0 Å². The van der Waals surface area contributed by atoms with Crippen LogP contribution in [0.1, 0.15) is 18.2 Å². The van der Waals surface area contributed by atoms with Gasteiger partial charge >= 0.3 is 28.7 Å². The van der Waals surface area contributed by atoms with Gasteiger partial charge < -0.3 is 24.3 Å². The standard InChI is InChI=1S/C11H18N5O12P3/c1-6-3-16(11(18)13-10(6)17)9-2-7(14-15-12)8(27-9)4-26-31(24,25)28-30(22,23)5-29(19,20)21/h3,7-9H,2,4-5H2,1H3,(H,22,23)(H,24,25)(H,13,17,18)(H2,19,20,21)/t7-,8-,9-/m1/s1. The molecule has 1 aliphatic rings. The van der Waals surface area contributed by atoms with Crippen molar-refractivity contribution in [3.05, 3.63) is 43.0 Å². The van der Waals surface area contributed by atoms with Crippen molar-refractivity contribution in [3.63, 3.8) is 0 Å². The van der Waals surface area contributed by atoms with E-state index in [4.69, 9.17) is 20.1 Å². The zero-order valence-electron chi connectivity index (χ0n) is 15.6. The first-order valence-electron chi connectivity index (χ1n) is 8.19. The van der Waals surface area contributed by atoms with Gasteiger partial charge in [0.1, 0.15) is 6.23 Å². The summed E-state index contributed by atoms with van der Waals surface area (Å²) in [6.45, 7) is 0.611. The van der Waals surface area contributed by atoms with E-state index in [1.807, 2.05) is 0 Å². The summed E-state index contributed by atoms with van der Waals surface area (Å²) in [6.07, 6.45) is -1.16. The second-order valence-electron chi connectivity index (χ2n) is 6.41. The number of phosphoric acid groups is 1. The largest absolute Gasteiger partial charge is 0.479 e. The smallest absolute Gasteiger partial charge is 0.352 e. The van der Waals surface area contributed by atoms with E-state index < -0.39 is 65.1 Å². The Hall–Kier alpha value is -1.60. The average molecular weight is 505 g/mol. The Morgan fingerprint density at radius 2 is 1.97 bits per heavy atom. The number of nitrogens with one attached hydrogen (secondary N) is 1. The molecule has 17 nitrogen and oxygen atoms in total. The summed E-state index contributed by atoms with van der Waals surface area (Å²) in [5.74, 6) is -1.72. The van der Waals surface area contributed by atoms with Gasteiger partial charge in [-0.15, -0.1) is 0 Å². The molecule has 0 spiro atoms. The van der Waals surface area contributed by atoms with Crippen molar-refractivity contribution < 1.29 is 46.8 Å². The molecule has 5 N–H and O–H groups in total. The molecule has 0 amide bonds. The minimum atomic E-state index is -5.30. The first-order valence-corrected chi connectivity index (χ1v) is 13.2. The van der Waals surface area contributed by atoms with Gasteiger partial charge in [-0.1, -0.05) is 5.11 Å². The molecule has 0 bridgehead atoms. The minimum absolute atomic E-state index is 0.0865. The molecule has 1 aromatic rings. The van der Waals surface area contributed by atoms with Gasteiger partial charge in [-0.2, -0.15) is 0 Å². The van der Waals surface area contributed by atoms with Gasteiger partial charge in [-0.05, 0) is 12.5 Å². The van der Waals surface area contributed by atoms with Gasteiger partial charge in [-0.3, -0.25) is 28.0 Å². The van der Waals surface area contributed by atoms with Crippen molar-refractivity contribution in [2.24, 2.45) is 5.11 Å². The lowest BCUT2D eigenvalue weighted by atomic mass is 10.1. The molecule has 2 unspecified atom stereocenters. The predicted molar refractivity (Wildman–Crippen MR) is 101 cm³/mol. The van der Waals surface area contributed by atoms with Crippen molar-refractivity contribution in [1.29, 1.82) is 0 Å². The molecule has 1 aromatic heterocycles. The summed E-state index contributed by atoms with van der Waals surface area (Å²) < 4.78 is 49.3. The van der Waals surface area contributed by atoms with E-state index in [-0.39, 0.29) is 12.0 Å². The Labute approximate surface area is 172 Å². The number of ether oxygens (including phenoxy) is 1. The highest BCUT2D eigenvalue weighted by Crippen LogP contribution is 2.65. The number of aromatic amines is 1. The quantitative estimate of drug-likeness (QED) is 0.131. The van der Waals surface area contributed by atoms with E-state index in [1.165, 1.54) is 13.1 Å². The fourth-order valence-corrected chi connectivity index (χ4v) is 6.98. The summed E-state index contributed by atoms with van der Waals surface area (Å²) >= 11 is 0. The van der Waals surface area contributed by atoms with E-state index >= 15 is 0 Å². The summed E-state index contributed by atoms with van der Waals surface area (Å²) in [4.78, 5) is 64.5. The van der Waals surface area contributed by atoms with Crippen LogP contribution in [0.3, 0.4) is 0 Å². The summed E-state index contributed by atoms with van der Waals surface area (Å²) in [6, 6.07) is -1.01. The lowest BCUT2D eigenvalue weighted by molar-refractivity contribution is -0.0265. The highest BCUT2D eigenvalue weighted by Gasteiger charge is 2.42. The highest BCUT2D eigenvalue weighted by atomic mass is 31.3. The Bertz CT molecular complexity index is 1140. The van der Waals surface area contributed by atoms with Crippen molar-refractivity contribution in [2.75, 3.05) is 12.5 Å². The van der Waals surface area contributed by atoms with Gasteiger partial charge in [-0.25, -0.2) is 13.7 Å². The van der Waals surface area contributed by atoms with Gasteiger partial charge in [0.25, 0.3) is 5.56 Å². The average Bonchev–Trinajstić information content (AvgIpc) is 2.96. The van der Waals surface area contributed by atoms with E-state index in [0.717, 1.165) is 4.57 Å². The van der Waals surface area contributed by atoms with Crippen LogP contribution in [0.15, 0.2) is 20.9 Å². The summed E-state index contributed by atoms with van der Waals surface area (Å²) in [7, 11) is -15.6. The molecule has 0 aromatic carbocycles. The normalized spacial score (nSPS) is 25.4. The molecule has 0 aliphatic carbocycles. The Morgan fingerprint density at radius 3 is 2.55 bits per heavy atom. The first-order chi connectivity index (χ1) is 14.1. The van der Waals surface area contributed by atoms with Crippen LogP contribution in [-0.2, 0) is 27.3 Å². The fourth-order valence-electron chi connectivity index (χ4n) is 2.63. The zero-order valence-corrected chi connectivity index (χ0v) is 18.3. The van der Waals surface area contributed by atoms with Crippen LogP contribution in [0, 0.1) is 6.92 Å². The van der Waals surface area contributed by atoms with Crippen LogP contribution in [0.2, 0.25) is 0 Å². The van der Waals surface area contributed by atoms with Crippen LogP contribution in [-0.4, -0.2) is 53.8 Å². The number of aromatic nitrogens is 2. The van der Waals surface area contributed by atoms with Crippen molar-refractivity contribution in [1.82, 2.24) is 9.55 Å². The molecule has 1 aliphatic heterocycles. The molecule has 5 atom stereocenters. The molecule has 0 radical (unpaired) electrons. The Balaban J connectivity index is 2.14. The maximum atomic E-state index is 12.0. The third-order valence-electron chi connectivity index (χ3n) is 3.86. The molecule has 174 valence electrons. The maximum absolute atomic E-state index is 12.0. The second-order valence-corrected chi connectivity index (χ2v) is 12.0. The topological polar surface area (TPSA) is 263 Å². The molecule has 1 saturated heterocycles. The molecule has 0 saturated carbocycles. The van der Waals surface area contributed by atoms with Crippen LogP contribution >= 0.6 is 23.0 Å². The molecule has 31 heavy (non-hydrogen) atoms. The summed E-state index contributed by atoms with van der Waals surface area (Å²) in [5, 5.41) is 3.44. The number of aryl methyl sites for hydroxylation is 1. The van der Waals surface area contributed by atoms with E-state index in [2.05, 4.69) is 23.8 Å². The Kier molecular flexibility index (Phi) is 7.85. The molecule has 1 fully saturated rings. The first kappa shape index (κ1) is 25.7. The lowest BCUT2D eigenvalue weighted by Gasteiger charge is -2.20. The Morgan fingerprint density at radius 1 is 1.32 bits per heavy atom. The molecular formula is C11H18N5O12P3. The SMILES string of the molecule is Cc1cn([C@H]2C[C@@H](N=[N+]=[N-])[C@@H](COP(=O)(O)OP(=O)(O)CP(=O)(O)O)O2)c(=O)[nH]c1=O. The number of H-pyrrole nitrogens is 1. The van der Waals surface area contributed by atoms with E-state index in [9.17, 15) is 33.1 Å². The van der Waals surface area contributed by atoms with Gasteiger partial charge in [0.15, 0.2) is 5.90 Å². The van der Waals surface area contributed by atoms with Crippen LogP contribution in [0.25, 0.3) is 10.4 Å². The van der Waals surface area contributed by atoms with Gasteiger partial charge in [0.05, 0.1) is 18.8 Å². The highest BCUT2D eigenvalue weighted by molar-refractivity contribution is 7.73. The predicted octanol–water partition coefficient (Wildman–Crippen LogP) is 0.266. The lowest BCUT2D eigenvalue weighted by Crippen LogP contribution is -2.33. The van der Waals surface area contributed by atoms with Crippen LogP contribution < -0.4 is 11.2 Å². The van der Waals surface area contributed by atoms with E-state index in [1.54, 1.807) is 0 Å². The molecule has 2 rings (SSSR count). The van der Waals surface area contributed by atoms with Crippen molar-refractivity contribution >= 4 is 23.0 Å². The maximum Gasteiger partial charge on any atom is 0.479 e. The second kappa shape index (κ2) is 9.49. The van der Waals surface area contributed by atoms with Crippen molar-refractivity contribution in [3.8, 4) is 0 Å². The number of hydrogen-bond donors (Lipinski definition) is 5. The van der Waals surface area contributed by atoms with E-state index in [0.29, 0.717) is 0 Å². The summed E-state index contributed by atoms with van der Waals surface area (Å²) in [5.41, 5.74) is 7.44. The van der Waals surface area contributed by atoms with Crippen LogP contribution in [0.5, 0.6) is 0 Å². The number of phosphoric ester groups is 1. The number of nitrogens with zero attached hydrogens (tertiary/aromatic N) is 4. The zero-order chi connectivity index (χ0) is 23.6. The minimum Gasteiger partial charge on any atom is -0.352 e. The molecule has 2 heterocycles. The number of hydrogen-bond acceptors (Lipinski definition) is 9. The van der Waals surface area contributed by atoms with Crippen molar-refractivity contribution in [2.45, 2.75) is 31.7 Å². The third kappa shape index (κ3) is 7.49. The third-order valence-corrected chi connectivity index (χ3v) is 9.08. The number of azide groups is 1. The van der Waals surface area contributed by atoms with Gasteiger partial charge in [0, 0.05) is 23.1 Å². The van der Waals surface area contributed by atoms with Crippen LogP contribution in [0.4, 0.5) is 0 Å².